The molecule has 3 N–H and O–H groups in total. The number of anilines is 1. The zero-order valence-electron chi connectivity index (χ0n) is 18.1. The van der Waals surface area contributed by atoms with E-state index in [1.54, 1.807) is 7.05 Å². The van der Waals surface area contributed by atoms with E-state index < -0.39 is 0 Å². The standard InChI is InChI=1S/C22H30N6O3/c1-3-28-20-17(12-25-28)19(26-14-8-15(29)9-14)16(11-24-20)18-10-22(31-27-18)6-4-13(5-7-22)21(30)23-2/h11-15,29H,3-10H2,1-2H3,(H,23,30)(H,24,26). The molecular formula is C22H30N6O3. The topological polar surface area (TPSA) is 114 Å². The Balaban J connectivity index is 1.40. The highest BCUT2D eigenvalue weighted by atomic mass is 16.7. The van der Waals surface area contributed by atoms with E-state index in [1.165, 1.54) is 0 Å². The summed E-state index contributed by atoms with van der Waals surface area (Å²) in [6, 6.07) is 0.226. The highest BCUT2D eigenvalue weighted by Gasteiger charge is 2.44. The van der Waals surface area contributed by atoms with Crippen LogP contribution in [0.1, 0.15) is 57.4 Å². The molecule has 2 aromatic heterocycles. The fraction of sp³-hybridized carbons (Fsp3) is 0.636. The molecule has 166 valence electrons. The lowest BCUT2D eigenvalue weighted by molar-refractivity contribution is -0.128. The zero-order chi connectivity index (χ0) is 21.6. The Kier molecular flexibility index (Phi) is 5.08. The molecule has 0 radical (unpaired) electrons. The Hall–Kier alpha value is -2.68. The molecule has 3 heterocycles. The van der Waals surface area contributed by atoms with Crippen molar-refractivity contribution in [2.24, 2.45) is 11.1 Å². The van der Waals surface area contributed by atoms with E-state index in [1.807, 2.05) is 24.0 Å². The van der Waals surface area contributed by atoms with Crippen molar-refractivity contribution in [1.29, 1.82) is 0 Å². The molecule has 31 heavy (non-hydrogen) atoms. The molecule has 1 amide bonds. The minimum atomic E-state index is -0.327. The van der Waals surface area contributed by atoms with Crippen molar-refractivity contribution < 1.29 is 14.7 Å². The van der Waals surface area contributed by atoms with Gasteiger partial charge in [-0.05, 0) is 45.4 Å². The molecule has 1 aliphatic heterocycles. The maximum atomic E-state index is 12.0. The van der Waals surface area contributed by atoms with Gasteiger partial charge in [0.1, 0.15) is 5.60 Å². The van der Waals surface area contributed by atoms with Crippen LogP contribution >= 0.6 is 0 Å². The molecule has 0 unspecified atom stereocenters. The summed E-state index contributed by atoms with van der Waals surface area (Å²) in [5.41, 5.74) is 3.31. The molecular weight excluding hydrogens is 396 g/mol. The summed E-state index contributed by atoms with van der Waals surface area (Å²) >= 11 is 0. The molecule has 0 bridgehead atoms. The third-order valence-corrected chi connectivity index (χ3v) is 7.09. The van der Waals surface area contributed by atoms with Gasteiger partial charge >= 0.3 is 0 Å². The van der Waals surface area contributed by atoms with Crippen LogP contribution in [0.3, 0.4) is 0 Å². The van der Waals surface area contributed by atoms with E-state index in [9.17, 15) is 9.90 Å². The lowest BCUT2D eigenvalue weighted by atomic mass is 9.75. The van der Waals surface area contributed by atoms with Gasteiger partial charge in [-0.2, -0.15) is 5.10 Å². The van der Waals surface area contributed by atoms with Crippen molar-refractivity contribution in [2.45, 2.75) is 76.2 Å². The van der Waals surface area contributed by atoms with Gasteiger partial charge in [-0.25, -0.2) is 9.67 Å². The number of pyridine rings is 1. The first-order valence-electron chi connectivity index (χ1n) is 11.3. The highest BCUT2D eigenvalue weighted by molar-refractivity contribution is 6.10. The van der Waals surface area contributed by atoms with Gasteiger partial charge < -0.3 is 20.6 Å². The quantitative estimate of drug-likeness (QED) is 0.675. The number of aromatic nitrogens is 3. The number of nitrogens with zero attached hydrogens (tertiary/aromatic N) is 4. The van der Waals surface area contributed by atoms with Crippen molar-refractivity contribution in [3.8, 4) is 0 Å². The summed E-state index contributed by atoms with van der Waals surface area (Å²) in [6.45, 7) is 2.79. The second-order valence-electron chi connectivity index (χ2n) is 9.09. The fourth-order valence-electron chi connectivity index (χ4n) is 5.09. The van der Waals surface area contributed by atoms with Gasteiger partial charge in [-0.3, -0.25) is 4.79 Å². The van der Waals surface area contributed by atoms with E-state index in [2.05, 4.69) is 25.9 Å². The number of aliphatic hydroxyl groups excluding tert-OH is 1. The number of nitrogens with one attached hydrogen (secondary N) is 2. The van der Waals surface area contributed by atoms with Crippen LogP contribution in [0.5, 0.6) is 0 Å². The van der Waals surface area contributed by atoms with E-state index in [0.29, 0.717) is 6.42 Å². The minimum absolute atomic E-state index is 0.0587. The molecule has 2 fully saturated rings. The number of aliphatic hydroxyl groups is 1. The average molecular weight is 427 g/mol. The summed E-state index contributed by atoms with van der Waals surface area (Å²) in [4.78, 5) is 22.7. The van der Waals surface area contributed by atoms with Gasteiger partial charge in [0.2, 0.25) is 5.91 Å². The van der Waals surface area contributed by atoms with Crippen LogP contribution in [0, 0.1) is 5.92 Å². The van der Waals surface area contributed by atoms with Crippen LogP contribution in [0.4, 0.5) is 5.69 Å². The largest absolute Gasteiger partial charge is 0.393 e. The fourth-order valence-corrected chi connectivity index (χ4v) is 5.09. The number of aryl methyl sites for hydroxylation is 1. The second-order valence-corrected chi connectivity index (χ2v) is 9.09. The zero-order valence-corrected chi connectivity index (χ0v) is 18.1. The van der Waals surface area contributed by atoms with Crippen LogP contribution in [0.15, 0.2) is 17.5 Å². The molecule has 0 saturated heterocycles. The van der Waals surface area contributed by atoms with E-state index in [4.69, 9.17) is 4.84 Å². The van der Waals surface area contributed by atoms with Gasteiger partial charge in [0.15, 0.2) is 5.65 Å². The van der Waals surface area contributed by atoms with Crippen LogP contribution in [-0.2, 0) is 16.2 Å². The van der Waals surface area contributed by atoms with Gasteiger partial charge in [0, 0.05) is 43.7 Å². The van der Waals surface area contributed by atoms with Crippen LogP contribution in [0.2, 0.25) is 0 Å². The Bertz CT molecular complexity index is 1020. The maximum Gasteiger partial charge on any atom is 0.222 e. The molecule has 5 rings (SSSR count). The molecule has 0 atom stereocenters. The third kappa shape index (κ3) is 3.54. The van der Waals surface area contributed by atoms with Crippen molar-refractivity contribution in [3.63, 3.8) is 0 Å². The van der Waals surface area contributed by atoms with Gasteiger partial charge in [-0.15, -0.1) is 0 Å². The normalized spacial score (nSPS) is 30.0. The Morgan fingerprint density at radius 1 is 1.32 bits per heavy atom. The molecule has 9 heteroatoms. The predicted octanol–water partition coefficient (Wildman–Crippen LogP) is 2.19. The predicted molar refractivity (Wildman–Crippen MR) is 117 cm³/mol. The lowest BCUT2D eigenvalue weighted by Crippen LogP contribution is -2.40. The Morgan fingerprint density at radius 3 is 2.77 bits per heavy atom. The van der Waals surface area contributed by atoms with Crippen molar-refractivity contribution in [1.82, 2.24) is 20.1 Å². The van der Waals surface area contributed by atoms with Crippen LogP contribution in [0.25, 0.3) is 11.0 Å². The van der Waals surface area contributed by atoms with Gasteiger partial charge in [-0.1, -0.05) is 5.16 Å². The third-order valence-electron chi connectivity index (χ3n) is 7.09. The molecule has 2 aromatic rings. The summed E-state index contributed by atoms with van der Waals surface area (Å²) in [7, 11) is 1.69. The smallest absolute Gasteiger partial charge is 0.222 e. The average Bonchev–Trinajstić information content (AvgIpc) is 3.37. The maximum absolute atomic E-state index is 12.0. The van der Waals surface area contributed by atoms with Gasteiger partial charge in [0.25, 0.3) is 0 Å². The highest BCUT2D eigenvalue weighted by Crippen LogP contribution is 2.43. The first-order chi connectivity index (χ1) is 15.0. The lowest BCUT2D eigenvalue weighted by Gasteiger charge is -2.34. The van der Waals surface area contributed by atoms with Gasteiger partial charge in [0.05, 0.1) is 29.1 Å². The van der Waals surface area contributed by atoms with Crippen LogP contribution in [-0.4, -0.2) is 56.3 Å². The molecule has 2 saturated carbocycles. The van der Waals surface area contributed by atoms with Crippen molar-refractivity contribution in [3.05, 3.63) is 18.0 Å². The number of hydrogen-bond donors (Lipinski definition) is 3. The SMILES string of the molecule is CCn1ncc2c(NC3CC(O)C3)c(C3=NOC4(CCC(C(=O)NC)CC4)C3)cnc21. The molecule has 1 spiro atoms. The van der Waals surface area contributed by atoms with E-state index >= 15 is 0 Å². The molecule has 3 aliphatic rings. The molecule has 0 aromatic carbocycles. The monoisotopic (exact) mass is 426 g/mol. The second kappa shape index (κ2) is 7.78. The molecule has 2 aliphatic carbocycles. The van der Waals surface area contributed by atoms with Crippen molar-refractivity contribution >= 4 is 28.3 Å². The number of carbonyl (C=O) groups excluding carboxylic acids is 1. The Morgan fingerprint density at radius 2 is 2.10 bits per heavy atom. The summed E-state index contributed by atoms with van der Waals surface area (Å²) < 4.78 is 1.88. The first kappa shape index (κ1) is 20.2. The number of carbonyl (C=O) groups is 1. The molecule has 9 nitrogen and oxygen atoms in total. The van der Waals surface area contributed by atoms with Crippen LogP contribution < -0.4 is 10.6 Å². The number of hydrogen-bond acceptors (Lipinski definition) is 7. The number of fused-ring (bicyclic) bond motifs is 1. The summed E-state index contributed by atoms with van der Waals surface area (Å²) in [5, 5.41) is 26.0. The first-order valence-corrected chi connectivity index (χ1v) is 11.3. The van der Waals surface area contributed by atoms with Crippen molar-refractivity contribution in [2.75, 3.05) is 12.4 Å². The minimum Gasteiger partial charge on any atom is -0.393 e. The number of rotatable bonds is 5. The Labute approximate surface area is 181 Å². The summed E-state index contributed by atoms with van der Waals surface area (Å²) in [6.07, 6.45) is 8.93. The number of oxime groups is 1. The summed E-state index contributed by atoms with van der Waals surface area (Å²) in [5.74, 6) is 0.175. The number of amides is 1. The van der Waals surface area contributed by atoms with E-state index in [0.717, 1.165) is 73.1 Å². The van der Waals surface area contributed by atoms with E-state index in [-0.39, 0.29) is 29.6 Å².